The number of anilines is 2. The first-order valence-electron chi connectivity index (χ1n) is 14.2. The van der Waals surface area contributed by atoms with E-state index in [1.807, 2.05) is 36.4 Å². The Morgan fingerprint density at radius 1 is 0.429 bits per heavy atom. The van der Waals surface area contributed by atoms with Crippen molar-refractivity contribution in [1.29, 1.82) is 0 Å². The van der Waals surface area contributed by atoms with Crippen LogP contribution in [0.15, 0.2) is 97.1 Å². The summed E-state index contributed by atoms with van der Waals surface area (Å²) in [4.78, 5) is 56.7. The van der Waals surface area contributed by atoms with Gasteiger partial charge in [0.2, 0.25) is 5.78 Å². The van der Waals surface area contributed by atoms with Crippen LogP contribution in [-0.4, -0.2) is 89.7 Å². The van der Waals surface area contributed by atoms with Gasteiger partial charge in [-0.05, 0) is 48.5 Å². The molecule has 2 amide bonds. The molecule has 4 aromatic rings. The van der Waals surface area contributed by atoms with Gasteiger partial charge in [-0.15, -0.1) is 0 Å². The van der Waals surface area contributed by atoms with Crippen LogP contribution < -0.4 is 9.80 Å². The van der Waals surface area contributed by atoms with Crippen LogP contribution in [0.2, 0.25) is 0 Å². The first-order chi connectivity index (χ1) is 20.6. The Morgan fingerprint density at radius 2 is 0.786 bits per heavy atom. The van der Waals surface area contributed by atoms with Crippen molar-refractivity contribution in [3.05, 3.63) is 120 Å². The van der Waals surface area contributed by atoms with Crippen LogP contribution in [-0.2, 0) is 0 Å². The molecule has 0 saturated carbocycles. The lowest BCUT2D eigenvalue weighted by atomic mass is 10.1. The van der Waals surface area contributed by atoms with E-state index >= 15 is 0 Å². The SMILES string of the molecule is O=C(c1cccc(C(=O)N2CCN(c3ccccc3)CC2)n1)c1cccc(C(=O)N2CCN(c3ccccc3)CC2)n1. The van der Waals surface area contributed by atoms with Gasteiger partial charge in [0.1, 0.15) is 22.8 Å². The Labute approximate surface area is 245 Å². The van der Waals surface area contributed by atoms with Crippen molar-refractivity contribution in [2.75, 3.05) is 62.2 Å². The van der Waals surface area contributed by atoms with Crippen LogP contribution in [0, 0.1) is 0 Å². The van der Waals surface area contributed by atoms with Crippen molar-refractivity contribution >= 4 is 29.0 Å². The van der Waals surface area contributed by atoms with Gasteiger partial charge in [-0.3, -0.25) is 14.4 Å². The van der Waals surface area contributed by atoms with Gasteiger partial charge in [0, 0.05) is 63.7 Å². The zero-order chi connectivity index (χ0) is 28.9. The number of pyridine rings is 2. The van der Waals surface area contributed by atoms with Gasteiger partial charge < -0.3 is 19.6 Å². The number of carbonyl (C=O) groups excluding carboxylic acids is 3. The molecule has 6 rings (SSSR count). The highest BCUT2D eigenvalue weighted by molar-refractivity contribution is 6.07. The standard InChI is InChI=1S/C33H32N6O3/c40-31(27-13-7-15-29(34-27)32(41)38-21-17-36(18-22-38)25-9-3-1-4-10-25)28-14-8-16-30(35-28)33(42)39-23-19-37(20-24-39)26-11-5-2-6-12-26/h1-16H,17-24H2. The molecule has 2 fully saturated rings. The van der Waals surface area contributed by atoms with Gasteiger partial charge in [0.05, 0.1) is 0 Å². The third-order valence-corrected chi connectivity index (χ3v) is 7.78. The van der Waals surface area contributed by atoms with E-state index in [0.717, 1.165) is 37.6 Å². The fraction of sp³-hybridized carbons (Fsp3) is 0.242. The topological polar surface area (TPSA) is 90.0 Å². The Hall–Kier alpha value is -5.05. The monoisotopic (exact) mass is 560 g/mol. The van der Waals surface area contributed by atoms with Gasteiger partial charge in [-0.1, -0.05) is 48.5 Å². The predicted octanol–water partition coefficient (Wildman–Crippen LogP) is 3.63. The first-order valence-corrected chi connectivity index (χ1v) is 14.2. The maximum Gasteiger partial charge on any atom is 0.272 e. The van der Waals surface area contributed by atoms with Gasteiger partial charge in [-0.25, -0.2) is 9.97 Å². The molecule has 0 N–H and O–H groups in total. The molecule has 0 aliphatic carbocycles. The van der Waals surface area contributed by atoms with Crippen LogP contribution in [0.5, 0.6) is 0 Å². The lowest BCUT2D eigenvalue weighted by Crippen LogP contribution is -2.49. The minimum Gasteiger partial charge on any atom is -0.368 e. The summed E-state index contributed by atoms with van der Waals surface area (Å²) in [5.41, 5.74) is 2.96. The normalized spacial score (nSPS) is 15.4. The van der Waals surface area contributed by atoms with Crippen molar-refractivity contribution in [2.45, 2.75) is 0 Å². The molecule has 2 aromatic heterocycles. The summed E-state index contributed by atoms with van der Waals surface area (Å²) in [7, 11) is 0. The number of piperazine rings is 2. The Morgan fingerprint density at radius 3 is 1.17 bits per heavy atom. The highest BCUT2D eigenvalue weighted by atomic mass is 16.2. The number of carbonyl (C=O) groups is 3. The summed E-state index contributed by atoms with van der Waals surface area (Å²) >= 11 is 0. The van der Waals surface area contributed by atoms with Crippen molar-refractivity contribution < 1.29 is 14.4 Å². The number of nitrogens with zero attached hydrogens (tertiary/aromatic N) is 6. The third-order valence-electron chi connectivity index (χ3n) is 7.78. The molecule has 42 heavy (non-hydrogen) atoms. The van der Waals surface area contributed by atoms with Crippen molar-refractivity contribution in [1.82, 2.24) is 19.8 Å². The van der Waals surface area contributed by atoms with Crippen molar-refractivity contribution in [3.8, 4) is 0 Å². The minimum absolute atomic E-state index is 0.123. The van der Waals surface area contributed by atoms with E-state index in [9.17, 15) is 14.4 Å². The quantitative estimate of drug-likeness (QED) is 0.333. The van der Waals surface area contributed by atoms with E-state index in [2.05, 4.69) is 44.0 Å². The molecule has 0 spiro atoms. The Bertz CT molecular complexity index is 1450. The molecule has 2 aromatic carbocycles. The zero-order valence-corrected chi connectivity index (χ0v) is 23.3. The number of hydrogen-bond acceptors (Lipinski definition) is 7. The second-order valence-corrected chi connectivity index (χ2v) is 10.4. The molecule has 0 bridgehead atoms. The highest BCUT2D eigenvalue weighted by Gasteiger charge is 2.26. The van der Waals surface area contributed by atoms with E-state index in [4.69, 9.17) is 0 Å². The fourth-order valence-electron chi connectivity index (χ4n) is 5.43. The van der Waals surface area contributed by atoms with Gasteiger partial charge in [0.15, 0.2) is 0 Å². The number of hydrogen-bond donors (Lipinski definition) is 0. The van der Waals surface area contributed by atoms with E-state index in [1.165, 1.54) is 0 Å². The molecule has 9 heteroatoms. The number of amides is 2. The Balaban J connectivity index is 1.09. The number of ketones is 1. The summed E-state index contributed by atoms with van der Waals surface area (Å²) in [5.74, 6) is -0.838. The zero-order valence-electron chi connectivity index (χ0n) is 23.3. The molecular formula is C33H32N6O3. The summed E-state index contributed by atoms with van der Waals surface area (Å²) in [6, 6.07) is 30.0. The lowest BCUT2D eigenvalue weighted by Gasteiger charge is -2.36. The average Bonchev–Trinajstić information content (AvgIpc) is 3.08. The number of rotatable bonds is 6. The van der Waals surface area contributed by atoms with Gasteiger partial charge in [0.25, 0.3) is 11.8 Å². The molecule has 2 aliphatic heterocycles. The van der Waals surface area contributed by atoms with Gasteiger partial charge in [-0.2, -0.15) is 0 Å². The van der Waals surface area contributed by atoms with Crippen LogP contribution in [0.3, 0.4) is 0 Å². The number of para-hydroxylation sites is 2. The third kappa shape index (κ3) is 5.85. The summed E-state index contributed by atoms with van der Waals surface area (Å²) in [5, 5.41) is 0. The van der Waals surface area contributed by atoms with Gasteiger partial charge >= 0.3 is 0 Å². The van der Waals surface area contributed by atoms with Crippen molar-refractivity contribution in [3.63, 3.8) is 0 Å². The largest absolute Gasteiger partial charge is 0.368 e. The number of benzene rings is 2. The molecular weight excluding hydrogens is 528 g/mol. The molecule has 4 heterocycles. The summed E-state index contributed by atoms with van der Waals surface area (Å²) < 4.78 is 0. The lowest BCUT2D eigenvalue weighted by molar-refractivity contribution is 0.0733. The second kappa shape index (κ2) is 12.2. The van der Waals surface area contributed by atoms with Crippen LogP contribution in [0.1, 0.15) is 37.2 Å². The second-order valence-electron chi connectivity index (χ2n) is 10.4. The maximum atomic E-state index is 13.4. The van der Waals surface area contributed by atoms with E-state index < -0.39 is 5.78 Å². The number of aromatic nitrogens is 2. The summed E-state index contributed by atoms with van der Waals surface area (Å²) in [6.45, 7) is 5.16. The smallest absolute Gasteiger partial charge is 0.272 e. The van der Waals surface area contributed by atoms with E-state index in [0.29, 0.717) is 26.2 Å². The van der Waals surface area contributed by atoms with Crippen molar-refractivity contribution in [2.24, 2.45) is 0 Å². The molecule has 0 unspecified atom stereocenters. The van der Waals surface area contributed by atoms with Crippen LogP contribution in [0.4, 0.5) is 11.4 Å². The highest BCUT2D eigenvalue weighted by Crippen LogP contribution is 2.19. The molecule has 9 nitrogen and oxygen atoms in total. The van der Waals surface area contributed by atoms with Crippen LogP contribution >= 0.6 is 0 Å². The molecule has 2 saturated heterocycles. The molecule has 2 aliphatic rings. The van der Waals surface area contributed by atoms with E-state index in [1.54, 1.807) is 46.2 Å². The average molecular weight is 561 g/mol. The molecule has 0 radical (unpaired) electrons. The summed E-state index contributed by atoms with van der Waals surface area (Å²) in [6.07, 6.45) is 0. The van der Waals surface area contributed by atoms with Crippen LogP contribution in [0.25, 0.3) is 0 Å². The van der Waals surface area contributed by atoms with E-state index in [-0.39, 0.29) is 34.6 Å². The fourth-order valence-corrected chi connectivity index (χ4v) is 5.43. The molecule has 0 atom stereocenters. The Kier molecular flexibility index (Phi) is 7.89. The first kappa shape index (κ1) is 27.1. The minimum atomic E-state index is -0.429. The maximum absolute atomic E-state index is 13.4. The predicted molar refractivity (Wildman–Crippen MR) is 161 cm³/mol. The molecule has 212 valence electrons.